The van der Waals surface area contributed by atoms with E-state index in [0.717, 1.165) is 16.9 Å². The van der Waals surface area contributed by atoms with Crippen molar-refractivity contribution in [2.24, 2.45) is 22.4 Å². The highest BCUT2D eigenvalue weighted by Crippen LogP contribution is 2.20. The minimum absolute atomic E-state index is 0.147. The van der Waals surface area contributed by atoms with Crippen molar-refractivity contribution in [1.82, 2.24) is 21.3 Å². The predicted molar refractivity (Wildman–Crippen MR) is 164 cm³/mol. The Morgan fingerprint density at radius 2 is 1.79 bits per heavy atom. The molecule has 0 radical (unpaired) electrons. The van der Waals surface area contributed by atoms with E-state index in [9.17, 15) is 14.4 Å². The number of hydrogen-bond acceptors (Lipinski definition) is 6. The van der Waals surface area contributed by atoms with Crippen molar-refractivity contribution in [1.29, 1.82) is 0 Å². The lowest BCUT2D eigenvalue weighted by Crippen LogP contribution is -2.59. The van der Waals surface area contributed by atoms with Gasteiger partial charge in [-0.1, -0.05) is 55.8 Å². The van der Waals surface area contributed by atoms with Crippen molar-refractivity contribution < 1.29 is 19.1 Å². The molecular weight excluding hydrogens is 558 g/mol. The highest BCUT2D eigenvalue weighted by molar-refractivity contribution is 6.30. The number of nitrogens with one attached hydrogen (secondary N) is 4. The second-order valence-corrected chi connectivity index (χ2v) is 11.3. The van der Waals surface area contributed by atoms with Crippen LogP contribution < -0.4 is 37.5 Å². The van der Waals surface area contributed by atoms with Gasteiger partial charge in [0.15, 0.2) is 5.96 Å². The lowest BCUT2D eigenvalue weighted by molar-refractivity contribution is -0.133. The number of nitrogens with zero attached hydrogens (tertiary/aromatic N) is 1. The second kappa shape index (κ2) is 16.0. The summed E-state index contributed by atoms with van der Waals surface area (Å²) in [4.78, 5) is 44.1. The van der Waals surface area contributed by atoms with Crippen LogP contribution in [0.25, 0.3) is 0 Å². The van der Waals surface area contributed by atoms with Crippen LogP contribution in [-0.2, 0) is 27.2 Å². The van der Waals surface area contributed by atoms with Crippen LogP contribution in [0.15, 0.2) is 53.5 Å². The zero-order valence-electron chi connectivity index (χ0n) is 24.4. The molecule has 0 aliphatic carbocycles. The van der Waals surface area contributed by atoms with Gasteiger partial charge >= 0.3 is 0 Å². The summed E-state index contributed by atoms with van der Waals surface area (Å²) in [7, 11) is 0. The number of ether oxygens (including phenoxy) is 1. The quantitative estimate of drug-likeness (QED) is 0.222. The van der Waals surface area contributed by atoms with Gasteiger partial charge < -0.3 is 32.2 Å². The van der Waals surface area contributed by atoms with Crippen LogP contribution in [-0.4, -0.2) is 67.5 Å². The number of nitrogens with two attached hydrogens (primary N) is 2. The van der Waals surface area contributed by atoms with Gasteiger partial charge in [0.05, 0.1) is 12.6 Å². The molecule has 42 heavy (non-hydrogen) atoms. The number of amides is 3. The fourth-order valence-corrected chi connectivity index (χ4v) is 4.85. The molecule has 3 amide bonds. The minimum atomic E-state index is -1.03. The number of guanidine groups is 1. The molecule has 1 aliphatic heterocycles. The maximum atomic E-state index is 13.7. The first-order chi connectivity index (χ1) is 20.0. The van der Waals surface area contributed by atoms with E-state index in [1.54, 1.807) is 12.1 Å². The van der Waals surface area contributed by atoms with Gasteiger partial charge in [0.25, 0.3) is 0 Å². The number of fused-ring (bicyclic) bond motifs is 1. The highest BCUT2D eigenvalue weighted by Gasteiger charge is 2.31. The van der Waals surface area contributed by atoms with Crippen LogP contribution in [0.4, 0.5) is 0 Å². The number of aryl methyl sites for hydroxylation is 1. The predicted octanol–water partition coefficient (Wildman–Crippen LogP) is 1.27. The minimum Gasteiger partial charge on any atom is -0.492 e. The Kier molecular flexibility index (Phi) is 12.4. The Bertz CT molecular complexity index is 1250. The van der Waals surface area contributed by atoms with Crippen molar-refractivity contribution in [3.05, 3.63) is 64.7 Å². The van der Waals surface area contributed by atoms with Crippen LogP contribution in [0.2, 0.25) is 5.02 Å². The van der Waals surface area contributed by atoms with Gasteiger partial charge in [-0.25, -0.2) is 0 Å². The van der Waals surface area contributed by atoms with Gasteiger partial charge in [0.1, 0.15) is 24.4 Å². The van der Waals surface area contributed by atoms with E-state index in [0.29, 0.717) is 37.4 Å². The summed E-state index contributed by atoms with van der Waals surface area (Å²) in [5, 5.41) is 12.4. The van der Waals surface area contributed by atoms with Gasteiger partial charge in [-0.3, -0.25) is 24.7 Å². The topological polar surface area (TPSA) is 173 Å². The molecule has 1 heterocycles. The van der Waals surface area contributed by atoms with Crippen LogP contribution in [0.5, 0.6) is 5.75 Å². The fourth-order valence-electron chi connectivity index (χ4n) is 4.64. The number of aliphatic imine (C=N–C) groups is 1. The van der Waals surface area contributed by atoms with E-state index >= 15 is 0 Å². The van der Waals surface area contributed by atoms with Gasteiger partial charge in [-0.2, -0.15) is 0 Å². The molecule has 2 aromatic rings. The number of para-hydroxylation sites is 1. The molecule has 228 valence electrons. The van der Waals surface area contributed by atoms with Crippen LogP contribution in [0.1, 0.15) is 38.3 Å². The fraction of sp³-hybridized carbons (Fsp3) is 0.467. The Morgan fingerprint density at radius 1 is 1.02 bits per heavy atom. The normalized spacial score (nSPS) is 22.8. The molecular formula is C30H42ClN7O4. The third-order valence-corrected chi connectivity index (χ3v) is 7.09. The average molecular weight is 600 g/mol. The molecule has 0 fully saturated rings. The molecule has 0 unspecified atom stereocenters. The van der Waals surface area contributed by atoms with E-state index < -0.39 is 29.9 Å². The average Bonchev–Trinajstić information content (AvgIpc) is 2.94. The first-order valence-corrected chi connectivity index (χ1v) is 14.6. The zero-order chi connectivity index (χ0) is 30.6. The third kappa shape index (κ3) is 10.2. The number of halogens is 1. The SMILES string of the molecule is CC(C)[C@H]1NC(=O)[C@@H](Cc2cccc(Cl)c2)N[C@H](C)COc2ccccc2CCCNC(=O)[C@H](CN=C(N)N)NC1=O. The molecule has 0 saturated heterocycles. The molecule has 8 N–H and O–H groups in total. The van der Waals surface area contributed by atoms with Gasteiger partial charge in [-0.05, 0) is 61.4 Å². The summed E-state index contributed by atoms with van der Waals surface area (Å²) in [6.45, 7) is 6.10. The third-order valence-electron chi connectivity index (χ3n) is 6.85. The van der Waals surface area contributed by atoms with E-state index in [1.165, 1.54) is 0 Å². The summed E-state index contributed by atoms with van der Waals surface area (Å²) in [5.74, 6) is -1.06. The largest absolute Gasteiger partial charge is 0.492 e. The van der Waals surface area contributed by atoms with Crippen molar-refractivity contribution in [2.75, 3.05) is 19.7 Å². The number of hydrogen-bond donors (Lipinski definition) is 6. The molecule has 11 nitrogen and oxygen atoms in total. The Balaban J connectivity index is 1.92. The molecule has 12 heteroatoms. The Labute approximate surface area is 252 Å². The lowest BCUT2D eigenvalue weighted by Gasteiger charge is -2.28. The molecule has 0 bridgehead atoms. The Morgan fingerprint density at radius 3 is 2.50 bits per heavy atom. The van der Waals surface area contributed by atoms with E-state index in [4.69, 9.17) is 27.8 Å². The molecule has 4 atom stereocenters. The van der Waals surface area contributed by atoms with E-state index in [1.807, 2.05) is 57.2 Å². The summed E-state index contributed by atoms with van der Waals surface area (Å²) in [5.41, 5.74) is 12.8. The van der Waals surface area contributed by atoms with E-state index in [-0.39, 0.29) is 30.4 Å². The van der Waals surface area contributed by atoms with Crippen molar-refractivity contribution in [3.63, 3.8) is 0 Å². The summed E-state index contributed by atoms with van der Waals surface area (Å²) < 4.78 is 6.16. The number of carbonyl (C=O) groups is 3. The van der Waals surface area contributed by atoms with Crippen LogP contribution in [0.3, 0.4) is 0 Å². The monoisotopic (exact) mass is 599 g/mol. The summed E-state index contributed by atoms with van der Waals surface area (Å²) in [6, 6.07) is 12.2. The molecule has 0 aromatic heterocycles. The zero-order valence-corrected chi connectivity index (χ0v) is 25.1. The molecule has 2 aromatic carbocycles. The standard InChI is InChI=1S/C30H42ClN7O4/c1-18(2)26-29(41)37-24(16-35-30(32)33)27(39)34-13-7-10-21-9-4-5-12-25(21)42-17-19(3)36-23(28(40)38-26)15-20-8-6-11-22(31)14-20/h4-6,8-9,11-12,14,18-19,23-24,26,36H,7,10,13,15-17H2,1-3H3,(H,34,39)(H,37,41)(H,38,40)(H4,32,33,35)/t19-,23-,24+,26-/m1/s1. The number of rotatable bonds is 5. The van der Waals surface area contributed by atoms with Gasteiger partial charge in [-0.15, -0.1) is 0 Å². The molecule has 0 saturated carbocycles. The summed E-state index contributed by atoms with van der Waals surface area (Å²) in [6.07, 6.45) is 1.64. The first kappa shape index (κ1) is 32.7. The highest BCUT2D eigenvalue weighted by atomic mass is 35.5. The van der Waals surface area contributed by atoms with Crippen molar-refractivity contribution >= 4 is 35.3 Å². The maximum Gasteiger partial charge on any atom is 0.244 e. The first-order valence-electron chi connectivity index (χ1n) is 14.2. The summed E-state index contributed by atoms with van der Waals surface area (Å²) >= 11 is 6.21. The maximum absolute atomic E-state index is 13.7. The smallest absolute Gasteiger partial charge is 0.244 e. The number of carbonyl (C=O) groups excluding carboxylic acids is 3. The van der Waals surface area contributed by atoms with Gasteiger partial charge in [0.2, 0.25) is 17.7 Å². The van der Waals surface area contributed by atoms with Crippen LogP contribution >= 0.6 is 11.6 Å². The van der Waals surface area contributed by atoms with Crippen LogP contribution in [0, 0.1) is 5.92 Å². The van der Waals surface area contributed by atoms with Crippen molar-refractivity contribution in [2.45, 2.75) is 64.2 Å². The molecule has 1 aliphatic rings. The van der Waals surface area contributed by atoms with Gasteiger partial charge in [0, 0.05) is 17.6 Å². The molecule has 0 spiro atoms. The van der Waals surface area contributed by atoms with Crippen molar-refractivity contribution in [3.8, 4) is 5.75 Å². The molecule has 3 rings (SSSR count). The number of benzene rings is 2. The Hall–Kier alpha value is -3.83. The second-order valence-electron chi connectivity index (χ2n) is 10.8. The van der Waals surface area contributed by atoms with E-state index in [2.05, 4.69) is 26.3 Å². The lowest BCUT2D eigenvalue weighted by atomic mass is 10.00.